The molecule has 0 radical (unpaired) electrons. The molecule has 0 saturated carbocycles. The molecule has 0 unspecified atom stereocenters. The number of aliphatic hydroxyl groups is 2. The molecular weight excluding hydrogens is 404 g/mol. The predicted octanol–water partition coefficient (Wildman–Crippen LogP) is 1.47. The van der Waals surface area contributed by atoms with Crippen LogP contribution in [0.2, 0.25) is 0 Å². The molecule has 0 bridgehead atoms. The molecule has 3 aliphatic rings. The fraction of sp³-hybridized carbons (Fsp3) is 0.478. The van der Waals surface area contributed by atoms with Crippen LogP contribution in [0.5, 0.6) is 0 Å². The summed E-state index contributed by atoms with van der Waals surface area (Å²) in [6, 6.07) is 15.4. The average Bonchev–Trinajstić information content (AvgIpc) is 2.83. The largest absolute Gasteiger partial charge is 0.394 e. The molecule has 8 nitrogen and oxygen atoms in total. The summed E-state index contributed by atoms with van der Waals surface area (Å²) in [5.74, 6) is -3.03. The highest BCUT2D eigenvalue weighted by Crippen LogP contribution is 2.60. The van der Waals surface area contributed by atoms with Crippen molar-refractivity contribution in [1.29, 1.82) is 0 Å². The maximum Gasteiger partial charge on any atom is 0.256 e. The summed E-state index contributed by atoms with van der Waals surface area (Å²) in [7, 11) is 4.46. The Bertz CT molecular complexity index is 966. The second-order valence-electron chi connectivity index (χ2n) is 7.85. The van der Waals surface area contributed by atoms with Crippen molar-refractivity contribution in [3.63, 3.8) is 0 Å². The van der Waals surface area contributed by atoms with Crippen molar-refractivity contribution in [3.8, 4) is 11.1 Å². The van der Waals surface area contributed by atoms with Gasteiger partial charge in [0.2, 0.25) is 0 Å². The highest BCUT2D eigenvalue weighted by Gasteiger charge is 2.70. The van der Waals surface area contributed by atoms with Crippen molar-refractivity contribution in [1.82, 2.24) is 0 Å². The Morgan fingerprint density at radius 2 is 1.35 bits per heavy atom. The summed E-state index contributed by atoms with van der Waals surface area (Å²) in [4.78, 5) is 0. The van der Waals surface area contributed by atoms with Crippen LogP contribution in [0.3, 0.4) is 0 Å². The van der Waals surface area contributed by atoms with E-state index in [0.29, 0.717) is 5.56 Å². The van der Waals surface area contributed by atoms with E-state index < -0.39 is 42.3 Å². The zero-order valence-corrected chi connectivity index (χ0v) is 17.6. The van der Waals surface area contributed by atoms with E-state index in [2.05, 4.69) is 0 Å². The van der Waals surface area contributed by atoms with Gasteiger partial charge < -0.3 is 38.6 Å². The molecule has 7 atom stereocenters. The first-order chi connectivity index (χ1) is 15.1. The summed E-state index contributed by atoms with van der Waals surface area (Å²) in [6.07, 6.45) is -4.71. The normalized spacial score (nSPS) is 38.5. The van der Waals surface area contributed by atoms with Gasteiger partial charge in [0.25, 0.3) is 11.6 Å². The molecule has 1 aliphatic carbocycles. The number of ether oxygens (including phenoxy) is 6. The van der Waals surface area contributed by atoms with Gasteiger partial charge in [-0.25, -0.2) is 0 Å². The van der Waals surface area contributed by atoms with Crippen LogP contribution in [0.4, 0.5) is 0 Å². The van der Waals surface area contributed by atoms with Crippen LogP contribution in [0, 0.1) is 0 Å². The van der Waals surface area contributed by atoms with Crippen molar-refractivity contribution in [2.75, 3.05) is 27.9 Å². The lowest BCUT2D eigenvalue weighted by Crippen LogP contribution is -2.72. The van der Waals surface area contributed by atoms with Gasteiger partial charge in [0.15, 0.2) is 6.29 Å². The quantitative estimate of drug-likeness (QED) is 0.753. The second kappa shape index (κ2) is 7.61. The van der Waals surface area contributed by atoms with Crippen molar-refractivity contribution in [3.05, 3.63) is 59.7 Å². The summed E-state index contributed by atoms with van der Waals surface area (Å²) in [6.45, 7) is -0.352. The molecule has 2 aromatic rings. The Kier molecular flexibility index (Phi) is 5.16. The van der Waals surface area contributed by atoms with E-state index in [0.717, 1.165) is 16.7 Å². The van der Waals surface area contributed by atoms with Crippen LogP contribution in [0.1, 0.15) is 11.1 Å². The van der Waals surface area contributed by atoms with Gasteiger partial charge >= 0.3 is 0 Å². The predicted molar refractivity (Wildman–Crippen MR) is 108 cm³/mol. The summed E-state index contributed by atoms with van der Waals surface area (Å²) < 4.78 is 36.3. The van der Waals surface area contributed by atoms with Crippen LogP contribution in [-0.2, 0) is 40.0 Å². The summed E-state index contributed by atoms with van der Waals surface area (Å²) >= 11 is 0. The third-order valence-electron chi connectivity index (χ3n) is 6.49. The number of fused-ring (bicyclic) bond motifs is 7. The van der Waals surface area contributed by atoms with Gasteiger partial charge in [0.05, 0.1) is 6.61 Å². The fourth-order valence-electron chi connectivity index (χ4n) is 5.13. The zero-order chi connectivity index (χ0) is 21.8. The van der Waals surface area contributed by atoms with E-state index in [1.807, 2.05) is 48.5 Å². The first kappa shape index (κ1) is 21.0. The molecule has 5 rings (SSSR count). The Balaban J connectivity index is 1.76. The van der Waals surface area contributed by atoms with E-state index in [9.17, 15) is 10.2 Å². The molecule has 166 valence electrons. The molecule has 0 amide bonds. The Labute approximate surface area is 180 Å². The van der Waals surface area contributed by atoms with E-state index in [-0.39, 0.29) is 6.61 Å². The molecule has 2 fully saturated rings. The van der Waals surface area contributed by atoms with E-state index in [4.69, 9.17) is 28.4 Å². The van der Waals surface area contributed by atoms with Gasteiger partial charge in [-0.1, -0.05) is 48.5 Å². The number of hydrogen-bond acceptors (Lipinski definition) is 8. The zero-order valence-electron chi connectivity index (χ0n) is 17.6. The van der Waals surface area contributed by atoms with Gasteiger partial charge in [0, 0.05) is 32.5 Å². The van der Waals surface area contributed by atoms with E-state index in [1.165, 1.54) is 21.3 Å². The lowest BCUT2D eigenvalue weighted by Gasteiger charge is -2.60. The first-order valence-corrected chi connectivity index (χ1v) is 10.2. The smallest absolute Gasteiger partial charge is 0.256 e. The highest BCUT2D eigenvalue weighted by molar-refractivity contribution is 5.76. The molecule has 31 heavy (non-hydrogen) atoms. The second-order valence-corrected chi connectivity index (χ2v) is 7.85. The maximum absolute atomic E-state index is 10.9. The molecule has 2 N–H and O–H groups in total. The molecule has 2 saturated heterocycles. The Morgan fingerprint density at radius 3 is 1.84 bits per heavy atom. The standard InChI is InChI=1S/C23H26O8/c1-26-21-18(25)20-19(17(12-24)29-21)30-22(27-2)15-10-6-4-8-13(15)14-9-5-7-11-16(14)23(22,28-3)31-20/h4-11,17-21,24-25H,12H2,1-3H3/t17-,18-,19+,20-,21+,22-,23-/m1/s1. The first-order valence-electron chi connectivity index (χ1n) is 10.2. The number of methoxy groups -OCH3 is 3. The molecule has 8 heteroatoms. The van der Waals surface area contributed by atoms with Crippen LogP contribution in [0.25, 0.3) is 11.1 Å². The van der Waals surface area contributed by atoms with E-state index >= 15 is 0 Å². The van der Waals surface area contributed by atoms with Crippen LogP contribution < -0.4 is 0 Å². The molecule has 0 spiro atoms. The molecular formula is C23H26O8. The van der Waals surface area contributed by atoms with Gasteiger partial charge in [-0.05, 0) is 11.1 Å². The molecule has 0 aromatic heterocycles. The van der Waals surface area contributed by atoms with Crippen molar-refractivity contribution >= 4 is 0 Å². The average molecular weight is 430 g/mol. The van der Waals surface area contributed by atoms with Crippen LogP contribution in [-0.4, -0.2) is 68.9 Å². The molecule has 2 heterocycles. The minimum atomic E-state index is -1.52. The highest BCUT2D eigenvalue weighted by atomic mass is 16.8. The van der Waals surface area contributed by atoms with Crippen molar-refractivity contribution in [2.24, 2.45) is 0 Å². The minimum absolute atomic E-state index is 0.352. The summed E-state index contributed by atoms with van der Waals surface area (Å²) in [5, 5.41) is 20.9. The molecule has 2 aliphatic heterocycles. The monoisotopic (exact) mass is 430 g/mol. The SMILES string of the molecule is CO[C@H]1O[C@H](CO)[C@@H]2O[C@]3(OC)c4ccccc4-c4ccccc4[C@@]3(OC)O[C@@H]2[C@H]1O. The number of hydrogen-bond donors (Lipinski definition) is 2. The maximum atomic E-state index is 10.9. The number of aliphatic hydroxyl groups excluding tert-OH is 2. The third kappa shape index (κ3) is 2.65. The van der Waals surface area contributed by atoms with Crippen molar-refractivity contribution in [2.45, 2.75) is 42.3 Å². The van der Waals surface area contributed by atoms with Gasteiger partial charge in [-0.2, -0.15) is 0 Å². The number of rotatable bonds is 4. The topological polar surface area (TPSA) is 95.8 Å². The Morgan fingerprint density at radius 1 is 0.839 bits per heavy atom. The molecule has 2 aromatic carbocycles. The fourth-order valence-corrected chi connectivity index (χ4v) is 5.13. The van der Waals surface area contributed by atoms with Gasteiger partial charge in [-0.3, -0.25) is 0 Å². The minimum Gasteiger partial charge on any atom is -0.394 e. The van der Waals surface area contributed by atoms with Crippen molar-refractivity contribution < 1.29 is 38.6 Å². The lowest BCUT2D eigenvalue weighted by molar-refractivity contribution is -0.504. The lowest BCUT2D eigenvalue weighted by atomic mass is 9.75. The summed E-state index contributed by atoms with van der Waals surface area (Å²) in [5.41, 5.74) is 3.27. The third-order valence-corrected chi connectivity index (χ3v) is 6.49. The van der Waals surface area contributed by atoms with Gasteiger partial charge in [0.1, 0.15) is 24.4 Å². The van der Waals surface area contributed by atoms with Gasteiger partial charge in [-0.15, -0.1) is 0 Å². The van der Waals surface area contributed by atoms with Crippen LogP contribution in [0.15, 0.2) is 48.5 Å². The van der Waals surface area contributed by atoms with E-state index in [1.54, 1.807) is 0 Å². The number of benzene rings is 2. The van der Waals surface area contributed by atoms with Crippen LogP contribution >= 0.6 is 0 Å². The Hall–Kier alpha value is -1.88.